The Hall–Kier alpha value is -2.25. The third-order valence-electron chi connectivity index (χ3n) is 3.11. The highest BCUT2D eigenvalue weighted by molar-refractivity contribution is 9.10. The van der Waals surface area contributed by atoms with Crippen molar-refractivity contribution in [2.45, 2.75) is 0 Å². The van der Waals surface area contributed by atoms with E-state index >= 15 is 0 Å². The van der Waals surface area contributed by atoms with Gasteiger partial charge in [0.15, 0.2) is 5.58 Å². The fourth-order valence-corrected chi connectivity index (χ4v) is 2.53. The van der Waals surface area contributed by atoms with Crippen molar-refractivity contribution in [2.75, 3.05) is 19.0 Å². The molecule has 0 aliphatic heterocycles. The van der Waals surface area contributed by atoms with Gasteiger partial charge in [0.25, 0.3) is 0 Å². The van der Waals surface area contributed by atoms with Gasteiger partial charge in [-0.1, -0.05) is 0 Å². The van der Waals surface area contributed by atoms with Gasteiger partial charge in [-0.3, -0.25) is 4.79 Å². The Kier molecular flexibility index (Phi) is 4.40. The minimum absolute atomic E-state index is 0.0294. The molecule has 0 saturated heterocycles. The first-order chi connectivity index (χ1) is 11.1. The summed E-state index contributed by atoms with van der Waals surface area (Å²) in [5.41, 5.74) is 2.20. The minimum Gasteiger partial charge on any atom is -0.436 e. The second-order valence-electron chi connectivity index (χ2n) is 4.81. The third kappa shape index (κ3) is 3.40. The van der Waals surface area contributed by atoms with Crippen molar-refractivity contribution in [1.82, 2.24) is 4.98 Å². The second-order valence-corrected chi connectivity index (χ2v) is 5.66. The summed E-state index contributed by atoms with van der Waals surface area (Å²) < 4.78 is 24.5. The van der Waals surface area contributed by atoms with Crippen LogP contribution in [0.4, 0.5) is 10.1 Å². The van der Waals surface area contributed by atoms with Gasteiger partial charge in [0.05, 0.1) is 5.56 Å². The summed E-state index contributed by atoms with van der Waals surface area (Å²) in [7, 11) is 1.45. The molecule has 0 saturated carbocycles. The number of benzene rings is 2. The molecule has 3 rings (SSSR count). The average molecular weight is 379 g/mol. The van der Waals surface area contributed by atoms with E-state index in [1.807, 2.05) is 0 Å². The number of hydrogen-bond acceptors (Lipinski definition) is 4. The monoisotopic (exact) mass is 378 g/mol. The van der Waals surface area contributed by atoms with E-state index in [0.717, 1.165) is 0 Å². The van der Waals surface area contributed by atoms with Crippen molar-refractivity contribution >= 4 is 38.6 Å². The smallest absolute Gasteiger partial charge is 0.250 e. The molecule has 0 aliphatic carbocycles. The number of carbonyl (C=O) groups excluding carboxylic acids is 1. The Labute approximate surface area is 139 Å². The lowest BCUT2D eigenvalue weighted by Gasteiger charge is -2.03. The minimum atomic E-state index is -0.377. The fourth-order valence-electron chi connectivity index (χ4n) is 2.11. The second kappa shape index (κ2) is 6.47. The summed E-state index contributed by atoms with van der Waals surface area (Å²) >= 11 is 3.35. The van der Waals surface area contributed by atoms with Gasteiger partial charge in [0.1, 0.15) is 17.9 Å². The molecular formula is C16H12BrFN2O3. The van der Waals surface area contributed by atoms with Gasteiger partial charge in [0, 0.05) is 17.3 Å². The van der Waals surface area contributed by atoms with Gasteiger partial charge in [-0.2, -0.15) is 0 Å². The molecule has 0 atom stereocenters. The van der Waals surface area contributed by atoms with Crippen LogP contribution in [0.2, 0.25) is 0 Å². The summed E-state index contributed by atoms with van der Waals surface area (Å²) in [6, 6.07) is 9.36. The van der Waals surface area contributed by atoms with Crippen molar-refractivity contribution in [1.29, 1.82) is 0 Å². The van der Waals surface area contributed by atoms with Crippen LogP contribution in [0.3, 0.4) is 0 Å². The normalized spacial score (nSPS) is 10.9. The number of rotatable bonds is 4. The highest BCUT2D eigenvalue weighted by Crippen LogP contribution is 2.31. The number of amides is 1. The van der Waals surface area contributed by atoms with Crippen LogP contribution in [-0.4, -0.2) is 24.6 Å². The maximum Gasteiger partial charge on any atom is 0.250 e. The lowest BCUT2D eigenvalue weighted by atomic mass is 10.2. The lowest BCUT2D eigenvalue weighted by molar-refractivity contribution is -0.119. The average Bonchev–Trinajstić information content (AvgIpc) is 2.93. The number of hydrogen-bond donors (Lipinski definition) is 1. The number of ether oxygens (including phenoxy) is 1. The number of anilines is 1. The fraction of sp³-hybridized carbons (Fsp3) is 0.125. The highest BCUT2D eigenvalue weighted by atomic mass is 79.9. The summed E-state index contributed by atoms with van der Waals surface area (Å²) in [6.45, 7) is -0.0294. The SMILES string of the molecule is COCC(=O)Nc1ccc2oc(-c3cc(F)ccc3Br)nc2c1. The van der Waals surface area contributed by atoms with Gasteiger partial charge in [-0.15, -0.1) is 0 Å². The molecule has 0 bridgehead atoms. The zero-order valence-corrected chi connectivity index (χ0v) is 13.7. The molecule has 1 amide bonds. The molecule has 1 aromatic heterocycles. The molecule has 0 fully saturated rings. The molecular weight excluding hydrogens is 367 g/mol. The van der Waals surface area contributed by atoms with E-state index in [4.69, 9.17) is 9.15 Å². The maximum atomic E-state index is 13.4. The standard InChI is InChI=1S/C16H12BrFN2O3/c1-22-8-15(21)19-10-3-5-14-13(7-10)20-16(23-14)11-6-9(18)2-4-12(11)17/h2-7H,8H2,1H3,(H,19,21). The van der Waals surface area contributed by atoms with Gasteiger partial charge < -0.3 is 14.5 Å². The van der Waals surface area contributed by atoms with E-state index < -0.39 is 0 Å². The van der Waals surface area contributed by atoms with Crippen molar-refractivity contribution in [3.63, 3.8) is 0 Å². The van der Waals surface area contributed by atoms with Crippen LogP contribution in [0.15, 0.2) is 45.3 Å². The Morgan fingerprint density at radius 2 is 2.17 bits per heavy atom. The summed E-state index contributed by atoms with van der Waals surface area (Å²) in [5.74, 6) is -0.340. The molecule has 0 spiro atoms. The van der Waals surface area contributed by atoms with Crippen LogP contribution < -0.4 is 5.32 Å². The summed E-state index contributed by atoms with van der Waals surface area (Å²) in [6.07, 6.45) is 0. The molecule has 118 valence electrons. The van der Waals surface area contributed by atoms with E-state index in [1.54, 1.807) is 24.3 Å². The van der Waals surface area contributed by atoms with E-state index in [-0.39, 0.29) is 18.3 Å². The molecule has 1 N–H and O–H groups in total. The molecule has 0 aliphatic rings. The Balaban J connectivity index is 1.96. The molecule has 7 heteroatoms. The number of carbonyl (C=O) groups is 1. The maximum absolute atomic E-state index is 13.4. The number of oxazole rings is 1. The van der Waals surface area contributed by atoms with Gasteiger partial charge in [0.2, 0.25) is 11.8 Å². The summed E-state index contributed by atoms with van der Waals surface area (Å²) in [4.78, 5) is 15.9. The predicted octanol–water partition coefficient (Wildman–Crippen LogP) is 3.98. The van der Waals surface area contributed by atoms with E-state index in [1.165, 1.54) is 19.2 Å². The van der Waals surface area contributed by atoms with E-state index in [2.05, 4.69) is 26.2 Å². The number of methoxy groups -OCH3 is 1. The number of nitrogens with zero attached hydrogens (tertiary/aromatic N) is 1. The molecule has 1 heterocycles. The van der Waals surface area contributed by atoms with Crippen LogP contribution in [0, 0.1) is 5.82 Å². The summed E-state index contributed by atoms with van der Waals surface area (Å²) in [5, 5.41) is 2.69. The third-order valence-corrected chi connectivity index (χ3v) is 3.80. The van der Waals surface area contributed by atoms with Crippen molar-refractivity contribution in [2.24, 2.45) is 0 Å². The molecule has 0 radical (unpaired) electrons. The first-order valence-electron chi connectivity index (χ1n) is 6.71. The van der Waals surface area contributed by atoms with Crippen molar-refractivity contribution < 1.29 is 18.3 Å². The first kappa shape index (κ1) is 15.6. The topological polar surface area (TPSA) is 64.4 Å². The molecule has 5 nitrogen and oxygen atoms in total. The highest BCUT2D eigenvalue weighted by Gasteiger charge is 2.13. The zero-order chi connectivity index (χ0) is 16.4. The zero-order valence-electron chi connectivity index (χ0n) is 12.1. The number of halogens is 2. The molecule has 2 aromatic carbocycles. The first-order valence-corrected chi connectivity index (χ1v) is 7.51. The number of fused-ring (bicyclic) bond motifs is 1. The number of aromatic nitrogens is 1. The lowest BCUT2D eigenvalue weighted by Crippen LogP contribution is -2.16. The quantitative estimate of drug-likeness (QED) is 0.745. The van der Waals surface area contributed by atoms with Crippen LogP contribution in [0.25, 0.3) is 22.6 Å². The Morgan fingerprint density at radius 1 is 1.35 bits per heavy atom. The van der Waals surface area contributed by atoms with E-state index in [0.29, 0.717) is 32.7 Å². The molecule has 3 aromatic rings. The van der Waals surface area contributed by atoms with Crippen LogP contribution in [0.1, 0.15) is 0 Å². The van der Waals surface area contributed by atoms with Gasteiger partial charge in [-0.05, 0) is 52.3 Å². The van der Waals surface area contributed by atoms with Crippen LogP contribution in [-0.2, 0) is 9.53 Å². The van der Waals surface area contributed by atoms with Crippen LogP contribution >= 0.6 is 15.9 Å². The van der Waals surface area contributed by atoms with Gasteiger partial charge in [-0.25, -0.2) is 9.37 Å². The van der Waals surface area contributed by atoms with Gasteiger partial charge >= 0.3 is 0 Å². The number of nitrogens with one attached hydrogen (secondary N) is 1. The van der Waals surface area contributed by atoms with Crippen LogP contribution in [0.5, 0.6) is 0 Å². The van der Waals surface area contributed by atoms with E-state index in [9.17, 15) is 9.18 Å². The largest absolute Gasteiger partial charge is 0.436 e. The van der Waals surface area contributed by atoms with Crippen molar-refractivity contribution in [3.05, 3.63) is 46.7 Å². The van der Waals surface area contributed by atoms with Crippen molar-refractivity contribution in [3.8, 4) is 11.5 Å². The Morgan fingerprint density at radius 3 is 2.96 bits per heavy atom. The molecule has 23 heavy (non-hydrogen) atoms. The predicted molar refractivity (Wildman–Crippen MR) is 87.6 cm³/mol. The molecule has 0 unspecified atom stereocenters. The Bertz CT molecular complexity index is 879.